The molecule has 0 bridgehead atoms. The fourth-order valence-corrected chi connectivity index (χ4v) is 2.24. The van der Waals surface area contributed by atoms with Gasteiger partial charge < -0.3 is 10.6 Å². The van der Waals surface area contributed by atoms with Crippen LogP contribution in [0.3, 0.4) is 0 Å². The van der Waals surface area contributed by atoms with Crippen molar-refractivity contribution < 1.29 is 0 Å². The summed E-state index contributed by atoms with van der Waals surface area (Å²) in [7, 11) is 0. The second-order valence-corrected chi connectivity index (χ2v) is 4.44. The highest BCUT2D eigenvalue weighted by molar-refractivity contribution is 9.10. The van der Waals surface area contributed by atoms with Gasteiger partial charge in [-0.05, 0) is 35.7 Å². The molecule has 1 aliphatic heterocycles. The molecule has 1 aliphatic rings. The third-order valence-electron chi connectivity index (χ3n) is 2.57. The first-order valence-electron chi connectivity index (χ1n) is 4.73. The quantitative estimate of drug-likeness (QED) is 0.833. The van der Waals surface area contributed by atoms with Crippen molar-refractivity contribution in [1.29, 1.82) is 0 Å². The van der Waals surface area contributed by atoms with E-state index in [4.69, 9.17) is 5.73 Å². The number of aromatic nitrogens is 2. The second-order valence-electron chi connectivity index (χ2n) is 3.58. The third kappa shape index (κ3) is 1.68. The molecule has 14 heavy (non-hydrogen) atoms. The van der Waals surface area contributed by atoms with Crippen LogP contribution in [0, 0.1) is 0 Å². The van der Waals surface area contributed by atoms with E-state index >= 15 is 0 Å². The average Bonchev–Trinajstić information content (AvgIpc) is 2.56. The fourth-order valence-electron chi connectivity index (χ4n) is 1.82. The van der Waals surface area contributed by atoms with E-state index in [9.17, 15) is 0 Å². The maximum atomic E-state index is 5.57. The Balaban J connectivity index is 2.34. The Kier molecular flexibility index (Phi) is 2.58. The van der Waals surface area contributed by atoms with Gasteiger partial charge >= 0.3 is 0 Å². The minimum Gasteiger partial charge on any atom is -0.368 e. The molecule has 1 atom stereocenters. The zero-order valence-electron chi connectivity index (χ0n) is 8.07. The number of hydrogen-bond acceptors (Lipinski definition) is 4. The molecule has 0 spiro atoms. The minimum absolute atomic E-state index is 0.335. The van der Waals surface area contributed by atoms with Gasteiger partial charge in [0.25, 0.3) is 0 Å². The number of hydrogen-bond donors (Lipinski definition) is 1. The van der Waals surface area contributed by atoms with Crippen molar-refractivity contribution in [3.8, 4) is 0 Å². The van der Waals surface area contributed by atoms with Crippen LogP contribution in [0.4, 0.5) is 11.8 Å². The fraction of sp³-hybridized carbons (Fsp3) is 0.556. The van der Waals surface area contributed by atoms with Crippen LogP contribution in [0.15, 0.2) is 10.7 Å². The van der Waals surface area contributed by atoms with E-state index in [1.54, 1.807) is 6.20 Å². The Morgan fingerprint density at radius 3 is 3.07 bits per heavy atom. The van der Waals surface area contributed by atoms with E-state index in [2.05, 4.69) is 37.7 Å². The SMILES string of the molecule is CC1CCCN1c1nc(N)ncc1Br. The lowest BCUT2D eigenvalue weighted by molar-refractivity contribution is 0.725. The number of nitrogens with zero attached hydrogens (tertiary/aromatic N) is 3. The number of nitrogens with two attached hydrogens (primary N) is 1. The van der Waals surface area contributed by atoms with Crippen LogP contribution in [-0.4, -0.2) is 22.6 Å². The first-order valence-corrected chi connectivity index (χ1v) is 5.52. The molecule has 4 nitrogen and oxygen atoms in total. The zero-order valence-corrected chi connectivity index (χ0v) is 9.66. The van der Waals surface area contributed by atoms with Crippen molar-refractivity contribution in [3.63, 3.8) is 0 Å². The van der Waals surface area contributed by atoms with Crippen LogP contribution in [0.5, 0.6) is 0 Å². The smallest absolute Gasteiger partial charge is 0.222 e. The molecular formula is C9H13BrN4. The molecule has 0 radical (unpaired) electrons. The van der Waals surface area contributed by atoms with Crippen molar-refractivity contribution >= 4 is 27.7 Å². The maximum absolute atomic E-state index is 5.57. The summed E-state index contributed by atoms with van der Waals surface area (Å²) in [5, 5.41) is 0. The maximum Gasteiger partial charge on any atom is 0.222 e. The Bertz CT molecular complexity index is 342. The number of anilines is 2. The predicted octanol–water partition coefficient (Wildman–Crippen LogP) is 1.81. The van der Waals surface area contributed by atoms with Gasteiger partial charge in [0.05, 0.1) is 4.47 Å². The highest BCUT2D eigenvalue weighted by atomic mass is 79.9. The molecule has 0 aliphatic carbocycles. The highest BCUT2D eigenvalue weighted by Crippen LogP contribution is 2.29. The number of nitrogen functional groups attached to an aromatic ring is 1. The lowest BCUT2D eigenvalue weighted by Gasteiger charge is -2.23. The summed E-state index contributed by atoms with van der Waals surface area (Å²) in [6.07, 6.45) is 4.15. The Morgan fingerprint density at radius 1 is 1.64 bits per heavy atom. The van der Waals surface area contributed by atoms with Gasteiger partial charge in [0.2, 0.25) is 5.95 Å². The van der Waals surface area contributed by atoms with Gasteiger partial charge in [0.15, 0.2) is 0 Å². The molecule has 1 saturated heterocycles. The molecule has 0 aromatic carbocycles. The third-order valence-corrected chi connectivity index (χ3v) is 3.13. The van der Waals surface area contributed by atoms with Gasteiger partial charge in [0, 0.05) is 18.8 Å². The van der Waals surface area contributed by atoms with E-state index in [1.165, 1.54) is 12.8 Å². The predicted molar refractivity (Wildman–Crippen MR) is 60.2 cm³/mol. The van der Waals surface area contributed by atoms with E-state index < -0.39 is 0 Å². The standard InChI is InChI=1S/C9H13BrN4/c1-6-3-2-4-14(6)8-7(10)5-12-9(11)13-8/h5-6H,2-4H2,1H3,(H2,11,12,13). The van der Waals surface area contributed by atoms with Crippen LogP contribution < -0.4 is 10.6 Å². The van der Waals surface area contributed by atoms with Gasteiger partial charge in [0.1, 0.15) is 5.82 Å². The number of rotatable bonds is 1. The molecule has 76 valence electrons. The Hall–Kier alpha value is -0.840. The first kappa shape index (κ1) is 9.71. The highest BCUT2D eigenvalue weighted by Gasteiger charge is 2.23. The van der Waals surface area contributed by atoms with Crippen molar-refractivity contribution in [2.24, 2.45) is 0 Å². The lowest BCUT2D eigenvalue weighted by atomic mass is 10.2. The summed E-state index contributed by atoms with van der Waals surface area (Å²) >= 11 is 3.45. The normalized spacial score (nSPS) is 21.6. The van der Waals surface area contributed by atoms with Gasteiger partial charge in [-0.3, -0.25) is 0 Å². The molecule has 1 aromatic rings. The molecule has 1 fully saturated rings. The van der Waals surface area contributed by atoms with E-state index in [0.717, 1.165) is 16.8 Å². The van der Waals surface area contributed by atoms with Gasteiger partial charge in [-0.2, -0.15) is 4.98 Å². The first-order chi connectivity index (χ1) is 6.68. The van der Waals surface area contributed by atoms with Crippen LogP contribution in [0.2, 0.25) is 0 Å². The van der Waals surface area contributed by atoms with Crippen LogP contribution in [0.1, 0.15) is 19.8 Å². The topological polar surface area (TPSA) is 55.0 Å². The molecule has 0 amide bonds. The van der Waals surface area contributed by atoms with Gasteiger partial charge in [-0.25, -0.2) is 4.98 Å². The molecule has 5 heteroatoms. The number of halogens is 1. The molecule has 0 saturated carbocycles. The summed E-state index contributed by atoms with van der Waals surface area (Å²) in [5.74, 6) is 1.25. The van der Waals surface area contributed by atoms with E-state index in [-0.39, 0.29) is 0 Å². The summed E-state index contributed by atoms with van der Waals surface area (Å²) in [4.78, 5) is 10.4. The largest absolute Gasteiger partial charge is 0.368 e. The van der Waals surface area contributed by atoms with Crippen molar-refractivity contribution in [2.45, 2.75) is 25.8 Å². The second kappa shape index (κ2) is 3.73. The van der Waals surface area contributed by atoms with Crippen molar-refractivity contribution in [3.05, 3.63) is 10.7 Å². The van der Waals surface area contributed by atoms with E-state index in [1.807, 2.05) is 0 Å². The summed E-state index contributed by atoms with van der Waals surface area (Å²) in [6, 6.07) is 0.542. The minimum atomic E-state index is 0.335. The molecule has 1 unspecified atom stereocenters. The van der Waals surface area contributed by atoms with Crippen LogP contribution in [-0.2, 0) is 0 Å². The van der Waals surface area contributed by atoms with Crippen LogP contribution in [0.25, 0.3) is 0 Å². The monoisotopic (exact) mass is 256 g/mol. The van der Waals surface area contributed by atoms with Crippen LogP contribution >= 0.6 is 15.9 Å². The van der Waals surface area contributed by atoms with E-state index in [0.29, 0.717) is 12.0 Å². The Labute approximate surface area is 91.7 Å². The summed E-state index contributed by atoms with van der Waals surface area (Å²) in [5.41, 5.74) is 5.57. The van der Waals surface area contributed by atoms with Gasteiger partial charge in [-0.15, -0.1) is 0 Å². The molecule has 2 heterocycles. The van der Waals surface area contributed by atoms with Gasteiger partial charge in [-0.1, -0.05) is 0 Å². The molecule has 2 rings (SSSR count). The molecule has 1 aromatic heterocycles. The van der Waals surface area contributed by atoms with Crippen molar-refractivity contribution in [1.82, 2.24) is 9.97 Å². The average molecular weight is 257 g/mol. The lowest BCUT2D eigenvalue weighted by Crippen LogP contribution is -2.27. The summed E-state index contributed by atoms with van der Waals surface area (Å²) < 4.78 is 0.917. The molecule has 2 N–H and O–H groups in total. The zero-order chi connectivity index (χ0) is 10.1. The summed E-state index contributed by atoms with van der Waals surface area (Å²) in [6.45, 7) is 3.26. The Morgan fingerprint density at radius 2 is 2.43 bits per heavy atom. The molecular weight excluding hydrogens is 244 g/mol. The van der Waals surface area contributed by atoms with Crippen molar-refractivity contribution in [2.75, 3.05) is 17.2 Å².